The maximum absolute atomic E-state index is 13.4. The third-order valence-corrected chi connectivity index (χ3v) is 9.34. The molecule has 0 fully saturated rings. The summed E-state index contributed by atoms with van der Waals surface area (Å²) >= 11 is 0. The molecule has 6 nitrogen and oxygen atoms in total. The van der Waals surface area contributed by atoms with Crippen molar-refractivity contribution in [3.05, 3.63) is 105 Å². The number of nitrogens with zero attached hydrogens (tertiary/aromatic N) is 2. The molecule has 6 heteroatoms. The number of rotatable bonds is 12. The Bertz CT molecular complexity index is 1820. The van der Waals surface area contributed by atoms with Gasteiger partial charge >= 0.3 is 11.9 Å². The van der Waals surface area contributed by atoms with Gasteiger partial charge in [0, 0.05) is 11.8 Å². The van der Waals surface area contributed by atoms with Crippen molar-refractivity contribution < 1.29 is 19.1 Å². The Hall–Kier alpha value is -4.94. The molecule has 2 atom stereocenters. The first kappa shape index (κ1) is 31.1. The van der Waals surface area contributed by atoms with Crippen LogP contribution in [0.1, 0.15) is 131 Å². The van der Waals surface area contributed by atoms with E-state index in [2.05, 4.69) is 62.4 Å². The van der Waals surface area contributed by atoms with Gasteiger partial charge in [0.15, 0.2) is 0 Å². The Labute approximate surface area is 270 Å². The number of esters is 2. The lowest BCUT2D eigenvalue weighted by Crippen LogP contribution is -2.21. The molecule has 0 heterocycles. The quantitative estimate of drug-likeness (QED) is 0.0900. The molecule has 232 valence electrons. The molecule has 0 amide bonds. The van der Waals surface area contributed by atoms with Gasteiger partial charge in [-0.3, -0.25) is 0 Å². The van der Waals surface area contributed by atoms with Crippen LogP contribution in [0.5, 0.6) is 0 Å². The summed E-state index contributed by atoms with van der Waals surface area (Å²) in [6.45, 7) is 4.90. The van der Waals surface area contributed by atoms with Crippen molar-refractivity contribution in [3.63, 3.8) is 0 Å². The van der Waals surface area contributed by atoms with Gasteiger partial charge in [-0.25, -0.2) is 9.59 Å². The minimum Gasteiger partial charge on any atom is -0.462 e. The van der Waals surface area contributed by atoms with Crippen molar-refractivity contribution in [2.75, 3.05) is 13.2 Å². The standard InChI is InChI=1S/C40H38N2O4/c1-3-5-7-9-13-45-39(43)37-21-27-19-35-31-11-12-32(34-18-26-16-30(24-42)29(23-41)15-25(26)17-33(31)34)36(35)20-28(27)22-38(37)40(44)46-14-10-8-6-4-2/h11-12,15-22,31-32H,3-10,13-14H2,1-2H3. The van der Waals surface area contributed by atoms with Crippen LogP contribution in [0.2, 0.25) is 0 Å². The molecule has 4 aromatic carbocycles. The van der Waals surface area contributed by atoms with Gasteiger partial charge in [0.25, 0.3) is 0 Å². The van der Waals surface area contributed by atoms with Crippen LogP contribution in [-0.4, -0.2) is 25.2 Å². The van der Waals surface area contributed by atoms with E-state index in [4.69, 9.17) is 9.47 Å². The molecule has 0 saturated carbocycles. The molecule has 4 aromatic rings. The second-order valence-electron chi connectivity index (χ2n) is 12.4. The smallest absolute Gasteiger partial charge is 0.339 e. The highest BCUT2D eigenvalue weighted by atomic mass is 16.5. The van der Waals surface area contributed by atoms with Crippen LogP contribution >= 0.6 is 0 Å². The van der Waals surface area contributed by atoms with E-state index in [1.165, 1.54) is 11.1 Å². The van der Waals surface area contributed by atoms with Gasteiger partial charge in [0.05, 0.1) is 35.5 Å². The summed E-state index contributed by atoms with van der Waals surface area (Å²) in [5.74, 6) is -0.993. The fourth-order valence-corrected chi connectivity index (χ4v) is 6.88. The van der Waals surface area contributed by atoms with Crippen molar-refractivity contribution >= 4 is 33.5 Å². The van der Waals surface area contributed by atoms with E-state index in [-0.39, 0.29) is 23.0 Å². The number of carbonyl (C=O) groups excluding carboxylic acids is 2. The van der Waals surface area contributed by atoms with Gasteiger partial charge in [0.1, 0.15) is 12.1 Å². The number of hydrogen-bond acceptors (Lipinski definition) is 6. The first-order valence-electron chi connectivity index (χ1n) is 16.5. The molecule has 0 saturated heterocycles. The molecule has 2 bridgehead atoms. The molecule has 0 aromatic heterocycles. The van der Waals surface area contributed by atoms with Crippen LogP contribution in [0.15, 0.2) is 60.7 Å². The Morgan fingerprint density at radius 3 is 1.28 bits per heavy atom. The largest absolute Gasteiger partial charge is 0.462 e. The van der Waals surface area contributed by atoms with Gasteiger partial charge < -0.3 is 9.47 Å². The number of carbonyl (C=O) groups is 2. The van der Waals surface area contributed by atoms with E-state index < -0.39 is 11.9 Å². The first-order valence-corrected chi connectivity index (χ1v) is 16.5. The van der Waals surface area contributed by atoms with E-state index in [0.717, 1.165) is 84.0 Å². The summed E-state index contributed by atoms with van der Waals surface area (Å²) in [6.07, 6.45) is 12.4. The molecule has 46 heavy (non-hydrogen) atoms. The van der Waals surface area contributed by atoms with E-state index in [9.17, 15) is 20.1 Å². The van der Waals surface area contributed by atoms with Crippen molar-refractivity contribution in [2.45, 2.75) is 77.0 Å². The van der Waals surface area contributed by atoms with Crippen molar-refractivity contribution in [1.29, 1.82) is 10.5 Å². The highest BCUT2D eigenvalue weighted by Gasteiger charge is 2.35. The zero-order valence-electron chi connectivity index (χ0n) is 26.5. The van der Waals surface area contributed by atoms with Gasteiger partial charge in [-0.05, 0) is 105 Å². The molecule has 0 spiro atoms. The molecule has 0 N–H and O–H groups in total. The zero-order chi connectivity index (χ0) is 32.2. The average Bonchev–Trinajstić information content (AvgIpc) is 3.08. The number of hydrogen-bond donors (Lipinski definition) is 0. The number of allylic oxidation sites excluding steroid dienone is 2. The lowest BCUT2D eigenvalue weighted by Gasteiger charge is -2.37. The zero-order valence-corrected chi connectivity index (χ0v) is 26.5. The lowest BCUT2D eigenvalue weighted by atomic mass is 9.67. The van der Waals surface area contributed by atoms with Gasteiger partial charge in [0.2, 0.25) is 0 Å². The average molecular weight is 611 g/mol. The molecule has 2 unspecified atom stereocenters. The monoisotopic (exact) mass is 610 g/mol. The number of benzene rings is 4. The molecule has 3 aliphatic rings. The second kappa shape index (κ2) is 13.6. The summed E-state index contributed by atoms with van der Waals surface area (Å²) in [5.41, 5.74) is 5.89. The van der Waals surface area contributed by atoms with Gasteiger partial charge in [-0.15, -0.1) is 0 Å². The fraction of sp³-hybridized carbons (Fsp3) is 0.350. The Balaban J connectivity index is 1.38. The maximum Gasteiger partial charge on any atom is 0.339 e. The summed E-state index contributed by atoms with van der Waals surface area (Å²) in [6, 6.07) is 20.0. The van der Waals surface area contributed by atoms with Crippen LogP contribution < -0.4 is 0 Å². The van der Waals surface area contributed by atoms with Crippen LogP contribution in [-0.2, 0) is 9.47 Å². The third-order valence-electron chi connectivity index (χ3n) is 9.34. The first-order chi connectivity index (χ1) is 22.5. The Morgan fingerprint density at radius 1 is 0.565 bits per heavy atom. The molecule has 0 aliphatic heterocycles. The molecular weight excluding hydrogens is 572 g/mol. The highest BCUT2D eigenvalue weighted by Crippen LogP contribution is 2.51. The van der Waals surface area contributed by atoms with Crippen molar-refractivity contribution in [3.8, 4) is 12.1 Å². The van der Waals surface area contributed by atoms with E-state index in [1.54, 1.807) is 24.3 Å². The SMILES string of the molecule is CCCCCCOC(=O)c1cc2cc3c(cc2cc1C(=O)OCCCCCC)C1C=CC3c2cc3cc(C#N)c(C#N)cc3cc21. The predicted octanol–water partition coefficient (Wildman–Crippen LogP) is 9.36. The Kier molecular flexibility index (Phi) is 9.18. The van der Waals surface area contributed by atoms with Gasteiger partial charge in [-0.1, -0.05) is 64.5 Å². The van der Waals surface area contributed by atoms with Crippen LogP contribution in [0.3, 0.4) is 0 Å². The molecule has 3 aliphatic carbocycles. The normalized spacial score (nSPS) is 15.7. The van der Waals surface area contributed by atoms with E-state index in [0.29, 0.717) is 24.3 Å². The number of nitriles is 2. The maximum atomic E-state index is 13.4. The van der Waals surface area contributed by atoms with Crippen LogP contribution in [0.25, 0.3) is 21.5 Å². The Morgan fingerprint density at radius 2 is 0.935 bits per heavy atom. The minimum absolute atomic E-state index is 0.00621. The minimum atomic E-state index is -0.502. The molecule has 0 radical (unpaired) electrons. The fourth-order valence-electron chi connectivity index (χ4n) is 6.88. The van der Waals surface area contributed by atoms with Crippen molar-refractivity contribution in [2.24, 2.45) is 0 Å². The lowest BCUT2D eigenvalue weighted by molar-refractivity contribution is 0.0451. The van der Waals surface area contributed by atoms with Crippen LogP contribution in [0.4, 0.5) is 0 Å². The number of unbranched alkanes of at least 4 members (excludes halogenated alkanes) is 6. The summed E-state index contributed by atoms with van der Waals surface area (Å²) in [5, 5.41) is 22.8. The molecule has 7 rings (SSSR count). The van der Waals surface area contributed by atoms with E-state index >= 15 is 0 Å². The molecular formula is C40H38N2O4. The summed E-state index contributed by atoms with van der Waals surface area (Å²) in [7, 11) is 0. The predicted molar refractivity (Wildman–Crippen MR) is 179 cm³/mol. The van der Waals surface area contributed by atoms with Gasteiger partial charge in [-0.2, -0.15) is 10.5 Å². The summed E-state index contributed by atoms with van der Waals surface area (Å²) in [4.78, 5) is 26.8. The summed E-state index contributed by atoms with van der Waals surface area (Å²) < 4.78 is 11.3. The number of ether oxygens (including phenoxy) is 2. The third kappa shape index (κ3) is 5.88. The highest BCUT2D eigenvalue weighted by molar-refractivity contribution is 6.07. The number of fused-ring (bicyclic) bond motifs is 2. The topological polar surface area (TPSA) is 100 Å². The van der Waals surface area contributed by atoms with E-state index in [1.807, 2.05) is 0 Å². The van der Waals surface area contributed by atoms with Crippen molar-refractivity contribution in [1.82, 2.24) is 0 Å². The van der Waals surface area contributed by atoms with Crippen LogP contribution in [0, 0.1) is 22.7 Å². The second-order valence-corrected chi connectivity index (χ2v) is 12.4.